The van der Waals surface area contributed by atoms with Crippen LogP contribution in [0.3, 0.4) is 0 Å². The summed E-state index contributed by atoms with van der Waals surface area (Å²) in [5.41, 5.74) is 1.92. The lowest BCUT2D eigenvalue weighted by molar-refractivity contribution is -0.0306. The average molecular weight is 568 g/mol. The maximum atomic E-state index is 13.2. The van der Waals surface area contributed by atoms with Crippen LogP contribution in [0.2, 0.25) is 0 Å². The summed E-state index contributed by atoms with van der Waals surface area (Å²) in [6, 6.07) is 0.761. The monoisotopic (exact) mass is 567 g/mol. The van der Waals surface area contributed by atoms with Crippen LogP contribution in [-0.2, 0) is 9.47 Å². The summed E-state index contributed by atoms with van der Waals surface area (Å²) in [7, 11) is 4.13. The number of fused-ring (bicyclic) bond motifs is 3. The van der Waals surface area contributed by atoms with Crippen LogP contribution in [0.1, 0.15) is 57.4 Å². The van der Waals surface area contributed by atoms with Gasteiger partial charge < -0.3 is 29.9 Å². The first-order valence-corrected chi connectivity index (χ1v) is 15.2. The second-order valence-corrected chi connectivity index (χ2v) is 12.6. The lowest BCUT2D eigenvalue weighted by atomic mass is 9.98. The van der Waals surface area contributed by atoms with Gasteiger partial charge in [0.1, 0.15) is 6.10 Å². The number of amides is 1. The Kier molecular flexibility index (Phi) is 8.32. The highest BCUT2D eigenvalue weighted by atomic mass is 16.6. The molecule has 2 unspecified atom stereocenters. The number of hydrogen-bond acceptors (Lipinski definition) is 10. The first-order valence-electron chi connectivity index (χ1n) is 15.2. The van der Waals surface area contributed by atoms with Crippen molar-refractivity contribution in [2.45, 2.75) is 82.1 Å². The number of hydrogen-bond donors (Lipinski definition) is 2. The molecule has 0 aromatic carbocycles. The van der Waals surface area contributed by atoms with Gasteiger partial charge in [0.05, 0.1) is 18.8 Å². The van der Waals surface area contributed by atoms with E-state index in [0.717, 1.165) is 76.1 Å². The molecule has 12 nitrogen and oxygen atoms in total. The summed E-state index contributed by atoms with van der Waals surface area (Å²) >= 11 is 0. The van der Waals surface area contributed by atoms with Crippen LogP contribution in [0.5, 0.6) is 0 Å². The van der Waals surface area contributed by atoms with E-state index in [0.29, 0.717) is 24.4 Å². The molecular weight excluding hydrogens is 522 g/mol. The summed E-state index contributed by atoms with van der Waals surface area (Å²) in [6.07, 6.45) is 10.8. The first-order chi connectivity index (χ1) is 19.8. The van der Waals surface area contributed by atoms with E-state index in [1.807, 2.05) is 15.6 Å². The van der Waals surface area contributed by atoms with Crippen LogP contribution in [0, 0.1) is 0 Å². The van der Waals surface area contributed by atoms with Crippen LogP contribution in [0.4, 0.5) is 16.7 Å². The highest BCUT2D eigenvalue weighted by molar-refractivity contribution is 5.69. The van der Waals surface area contributed by atoms with Gasteiger partial charge in [-0.2, -0.15) is 19.6 Å². The fourth-order valence-electron chi connectivity index (χ4n) is 6.52. The van der Waals surface area contributed by atoms with Crippen molar-refractivity contribution in [3.05, 3.63) is 23.9 Å². The van der Waals surface area contributed by atoms with Crippen LogP contribution in [0.15, 0.2) is 18.3 Å². The van der Waals surface area contributed by atoms with Crippen molar-refractivity contribution in [3.63, 3.8) is 0 Å². The lowest BCUT2D eigenvalue weighted by Gasteiger charge is -2.42. The number of nitrogens with zero attached hydrogens (tertiary/aromatic N) is 7. The Bertz CT molecular complexity index is 1220. The zero-order valence-electron chi connectivity index (χ0n) is 24.8. The predicted octanol–water partition coefficient (Wildman–Crippen LogP) is 2.79. The number of piperidine rings is 1. The third-order valence-corrected chi connectivity index (χ3v) is 8.75. The molecule has 4 aliphatic rings. The molecule has 4 fully saturated rings. The Hall–Kier alpha value is -2.96. The van der Waals surface area contributed by atoms with Gasteiger partial charge in [0.15, 0.2) is 5.65 Å². The van der Waals surface area contributed by atoms with Crippen molar-refractivity contribution < 1.29 is 14.3 Å². The van der Waals surface area contributed by atoms with Crippen LogP contribution < -0.4 is 10.6 Å². The average Bonchev–Trinajstić information content (AvgIpc) is 3.63. The van der Waals surface area contributed by atoms with E-state index in [2.05, 4.69) is 65.6 Å². The highest BCUT2D eigenvalue weighted by Crippen LogP contribution is 2.38. The van der Waals surface area contributed by atoms with E-state index in [-0.39, 0.29) is 36.4 Å². The molecule has 224 valence electrons. The third kappa shape index (κ3) is 6.29. The fraction of sp³-hybridized carbons (Fsp3) is 0.724. The molecule has 2 aromatic rings. The predicted molar refractivity (Wildman–Crippen MR) is 157 cm³/mol. The molecule has 0 radical (unpaired) electrons. The maximum Gasteiger partial charge on any atom is 0.410 e. The van der Waals surface area contributed by atoms with Gasteiger partial charge >= 0.3 is 6.09 Å². The fourth-order valence-corrected chi connectivity index (χ4v) is 6.52. The van der Waals surface area contributed by atoms with Crippen molar-refractivity contribution in [3.8, 4) is 0 Å². The molecule has 0 saturated carbocycles. The summed E-state index contributed by atoms with van der Waals surface area (Å²) in [6.45, 7) is 9.19. The summed E-state index contributed by atoms with van der Waals surface area (Å²) < 4.78 is 13.3. The second kappa shape index (κ2) is 12.1. The van der Waals surface area contributed by atoms with Crippen molar-refractivity contribution in [1.82, 2.24) is 34.3 Å². The van der Waals surface area contributed by atoms with Gasteiger partial charge in [0, 0.05) is 56.5 Å². The number of likely N-dealkylation sites (tertiary alicyclic amines) is 1. The molecule has 2 aromatic heterocycles. The number of anilines is 2. The van der Waals surface area contributed by atoms with Crippen molar-refractivity contribution in [2.24, 2.45) is 0 Å². The number of ether oxygens (including phenoxy) is 2. The van der Waals surface area contributed by atoms with Gasteiger partial charge in [-0.15, -0.1) is 0 Å². The smallest absolute Gasteiger partial charge is 0.410 e. The van der Waals surface area contributed by atoms with Gasteiger partial charge in [0.2, 0.25) is 11.9 Å². The molecule has 1 amide bonds. The Morgan fingerprint density at radius 2 is 1.90 bits per heavy atom. The molecule has 3 atom stereocenters. The van der Waals surface area contributed by atoms with Gasteiger partial charge in [0.25, 0.3) is 0 Å². The highest BCUT2D eigenvalue weighted by Gasteiger charge is 2.45. The van der Waals surface area contributed by atoms with Crippen molar-refractivity contribution >= 4 is 23.6 Å². The Balaban J connectivity index is 1.07. The maximum absolute atomic E-state index is 13.2. The molecule has 12 heteroatoms. The molecule has 41 heavy (non-hydrogen) atoms. The molecule has 4 aliphatic heterocycles. The summed E-state index contributed by atoms with van der Waals surface area (Å²) in [5, 5.41) is 11.8. The zero-order valence-corrected chi connectivity index (χ0v) is 24.8. The van der Waals surface area contributed by atoms with Gasteiger partial charge in [-0.1, -0.05) is 26.0 Å². The van der Waals surface area contributed by atoms with Gasteiger partial charge in [-0.25, -0.2) is 4.79 Å². The number of rotatable bonds is 10. The number of likely N-dealkylation sites (N-methyl/N-ethyl adjacent to an activating group) is 1. The number of aromatic nitrogens is 4. The molecule has 2 bridgehead atoms. The molecular formula is C29H45N9O3. The van der Waals surface area contributed by atoms with E-state index in [1.165, 1.54) is 0 Å². The number of nitrogens with one attached hydrogen (secondary N) is 2. The standard InChI is InChI=1S/C29H45N9O3/c1-19(2)25-15-30-38-26(25)33-27(31-20-9-12-40-18-20)34-28(38)32-21-13-22-7-8-23(14-21)37(22)29(39)41-24-16-36(17-24)11-6-5-10-35(3)4/h5-6,15,19-24H,7-14,16-18H2,1-4H3,(H2,31,32,33,34)/b6-5+/t20-,21?,22?,23?/m0/s1. The third-order valence-electron chi connectivity index (χ3n) is 8.75. The SMILES string of the molecule is CC(C)c1cnn2c(NC3CC4CCC(C3)N4C(=O)OC3CN(C/C=C/CN(C)C)C3)nc(N[C@H]3CCOC3)nc12. The van der Waals surface area contributed by atoms with Crippen molar-refractivity contribution in [1.29, 1.82) is 0 Å². The minimum absolute atomic E-state index is 0.0135. The molecule has 0 aliphatic carbocycles. The van der Waals surface area contributed by atoms with E-state index in [4.69, 9.17) is 19.4 Å². The Labute approximate surface area is 242 Å². The Morgan fingerprint density at radius 1 is 1.12 bits per heavy atom. The largest absolute Gasteiger partial charge is 0.443 e. The van der Waals surface area contributed by atoms with Gasteiger partial charge in [-0.05, 0) is 52.1 Å². The molecule has 2 N–H and O–H groups in total. The van der Waals surface area contributed by atoms with Crippen LogP contribution >= 0.6 is 0 Å². The number of carbonyl (C=O) groups is 1. The van der Waals surface area contributed by atoms with E-state index >= 15 is 0 Å². The summed E-state index contributed by atoms with van der Waals surface area (Å²) in [4.78, 5) is 29.4. The molecule has 0 spiro atoms. The normalized spacial score (nSPS) is 26.9. The molecule has 6 heterocycles. The van der Waals surface area contributed by atoms with Crippen LogP contribution in [-0.4, -0.2) is 124 Å². The minimum atomic E-state index is -0.146. The zero-order chi connectivity index (χ0) is 28.5. The minimum Gasteiger partial charge on any atom is -0.443 e. The Morgan fingerprint density at radius 3 is 2.59 bits per heavy atom. The van der Waals surface area contributed by atoms with Crippen LogP contribution in [0.25, 0.3) is 5.65 Å². The summed E-state index contributed by atoms with van der Waals surface area (Å²) in [5.74, 6) is 1.59. The second-order valence-electron chi connectivity index (χ2n) is 12.6. The number of carbonyl (C=O) groups excluding carboxylic acids is 1. The van der Waals surface area contributed by atoms with Gasteiger partial charge in [-0.3, -0.25) is 4.90 Å². The van der Waals surface area contributed by atoms with Crippen molar-refractivity contribution in [2.75, 3.05) is 64.1 Å². The lowest BCUT2D eigenvalue weighted by Crippen LogP contribution is -2.56. The topological polar surface area (TPSA) is 112 Å². The van der Waals surface area contributed by atoms with E-state index in [9.17, 15) is 4.79 Å². The van der Waals surface area contributed by atoms with E-state index < -0.39 is 0 Å². The first kappa shape index (κ1) is 28.2. The molecule has 6 rings (SSSR count). The molecule has 4 saturated heterocycles. The van der Waals surface area contributed by atoms with E-state index in [1.54, 1.807) is 0 Å². The quantitative estimate of drug-likeness (QED) is 0.416.